The van der Waals surface area contributed by atoms with Gasteiger partial charge in [-0.25, -0.2) is 0 Å². The van der Waals surface area contributed by atoms with Crippen LogP contribution in [0.1, 0.15) is 33.1 Å². The maximum atomic E-state index is 12.3. The van der Waals surface area contributed by atoms with E-state index in [4.69, 9.17) is 9.47 Å². The summed E-state index contributed by atoms with van der Waals surface area (Å²) >= 11 is 1.53. The van der Waals surface area contributed by atoms with Crippen LogP contribution >= 0.6 is 11.8 Å². The summed E-state index contributed by atoms with van der Waals surface area (Å²) in [7, 11) is 3.23. The Balaban J connectivity index is 1.70. The number of hydrogen-bond acceptors (Lipinski definition) is 5. The standard InChI is InChI=1S/C20H32N2O3S/c1-15-8-12-22(13-9-15)11-5-10-21-20(23)16(2)26-17-6-7-18(24-3)19(14-17)25-4/h6-7,14-16H,5,8-13H2,1-4H3,(H,21,23)/t16-/m1/s1. The van der Waals surface area contributed by atoms with Gasteiger partial charge in [-0.05, 0) is 69.9 Å². The van der Waals surface area contributed by atoms with E-state index < -0.39 is 0 Å². The number of ether oxygens (including phenoxy) is 2. The number of carbonyl (C=O) groups is 1. The Hall–Kier alpha value is -1.40. The lowest BCUT2D eigenvalue weighted by molar-refractivity contribution is -0.120. The Labute approximate surface area is 161 Å². The molecule has 1 fully saturated rings. The molecule has 1 amide bonds. The SMILES string of the molecule is COc1ccc(S[C@H](C)C(=O)NCCCN2CCC(C)CC2)cc1OC. The van der Waals surface area contributed by atoms with Crippen LogP contribution in [0.4, 0.5) is 0 Å². The van der Waals surface area contributed by atoms with Gasteiger partial charge < -0.3 is 19.7 Å². The van der Waals surface area contributed by atoms with Crippen LogP contribution in [0.15, 0.2) is 23.1 Å². The molecule has 1 aliphatic heterocycles. The molecule has 1 aliphatic rings. The Morgan fingerprint density at radius 1 is 1.27 bits per heavy atom. The molecule has 2 rings (SSSR count). The summed E-state index contributed by atoms with van der Waals surface area (Å²) in [5.41, 5.74) is 0. The van der Waals surface area contributed by atoms with Crippen LogP contribution in [0.25, 0.3) is 0 Å². The van der Waals surface area contributed by atoms with Crippen LogP contribution in [0.3, 0.4) is 0 Å². The molecule has 0 radical (unpaired) electrons. The van der Waals surface area contributed by atoms with E-state index in [9.17, 15) is 4.79 Å². The number of piperidine rings is 1. The first-order valence-corrected chi connectivity index (χ1v) is 10.3. The van der Waals surface area contributed by atoms with Crippen molar-refractivity contribution in [3.8, 4) is 11.5 Å². The third-order valence-corrected chi connectivity index (χ3v) is 5.96. The molecule has 1 N–H and O–H groups in total. The number of hydrogen-bond donors (Lipinski definition) is 1. The number of amides is 1. The summed E-state index contributed by atoms with van der Waals surface area (Å²) in [6.07, 6.45) is 3.60. The van der Waals surface area contributed by atoms with Gasteiger partial charge >= 0.3 is 0 Å². The second-order valence-corrected chi connectivity index (χ2v) is 8.36. The van der Waals surface area contributed by atoms with Gasteiger partial charge in [0, 0.05) is 11.4 Å². The van der Waals surface area contributed by atoms with E-state index in [-0.39, 0.29) is 11.2 Å². The van der Waals surface area contributed by atoms with Crippen molar-refractivity contribution in [1.82, 2.24) is 10.2 Å². The lowest BCUT2D eigenvalue weighted by atomic mass is 9.99. The molecule has 0 unspecified atom stereocenters. The van der Waals surface area contributed by atoms with Crippen LogP contribution in [-0.4, -0.2) is 56.5 Å². The average Bonchev–Trinajstić information content (AvgIpc) is 2.66. The van der Waals surface area contributed by atoms with E-state index in [1.807, 2.05) is 25.1 Å². The Morgan fingerprint density at radius 3 is 2.62 bits per heavy atom. The Kier molecular flexibility index (Phi) is 8.59. The summed E-state index contributed by atoms with van der Waals surface area (Å²) in [5.74, 6) is 2.32. The quantitative estimate of drug-likeness (QED) is 0.525. The summed E-state index contributed by atoms with van der Waals surface area (Å²) in [6.45, 7) is 8.46. The molecular weight excluding hydrogens is 348 g/mol. The summed E-state index contributed by atoms with van der Waals surface area (Å²) in [6, 6.07) is 5.73. The first-order valence-electron chi connectivity index (χ1n) is 9.42. The highest BCUT2D eigenvalue weighted by Crippen LogP contribution is 2.33. The van der Waals surface area contributed by atoms with Crippen LogP contribution in [0.5, 0.6) is 11.5 Å². The van der Waals surface area contributed by atoms with E-state index in [1.165, 1.54) is 37.7 Å². The topological polar surface area (TPSA) is 50.8 Å². The molecule has 146 valence electrons. The highest BCUT2D eigenvalue weighted by Gasteiger charge is 2.17. The largest absolute Gasteiger partial charge is 0.493 e. The third kappa shape index (κ3) is 6.40. The van der Waals surface area contributed by atoms with E-state index in [0.29, 0.717) is 11.5 Å². The number of nitrogens with one attached hydrogen (secondary N) is 1. The number of carbonyl (C=O) groups excluding carboxylic acids is 1. The van der Waals surface area contributed by atoms with Crippen molar-refractivity contribution >= 4 is 17.7 Å². The Bertz CT molecular complexity index is 574. The summed E-state index contributed by atoms with van der Waals surface area (Å²) in [5, 5.41) is 2.91. The van der Waals surface area contributed by atoms with Crippen LogP contribution < -0.4 is 14.8 Å². The van der Waals surface area contributed by atoms with Crippen LogP contribution in [-0.2, 0) is 4.79 Å². The monoisotopic (exact) mass is 380 g/mol. The molecular formula is C20H32N2O3S. The molecule has 0 aromatic heterocycles. The smallest absolute Gasteiger partial charge is 0.233 e. The van der Waals surface area contributed by atoms with Crippen LogP contribution in [0.2, 0.25) is 0 Å². The molecule has 0 spiro atoms. The zero-order valence-electron chi connectivity index (χ0n) is 16.4. The van der Waals surface area contributed by atoms with Gasteiger partial charge in [0.1, 0.15) is 0 Å². The molecule has 6 heteroatoms. The molecule has 1 aromatic rings. The fourth-order valence-electron chi connectivity index (χ4n) is 3.09. The molecule has 0 aliphatic carbocycles. The number of nitrogens with zero attached hydrogens (tertiary/aromatic N) is 1. The van der Waals surface area contributed by atoms with E-state index in [1.54, 1.807) is 14.2 Å². The second-order valence-electron chi connectivity index (χ2n) is 6.95. The van der Waals surface area contributed by atoms with Crippen molar-refractivity contribution < 1.29 is 14.3 Å². The van der Waals surface area contributed by atoms with Gasteiger partial charge in [0.15, 0.2) is 11.5 Å². The van der Waals surface area contributed by atoms with E-state index in [0.717, 1.165) is 30.3 Å². The summed E-state index contributed by atoms with van der Waals surface area (Å²) < 4.78 is 10.6. The fraction of sp³-hybridized carbons (Fsp3) is 0.650. The van der Waals surface area contributed by atoms with Crippen molar-refractivity contribution in [2.45, 2.75) is 43.3 Å². The van der Waals surface area contributed by atoms with Crippen molar-refractivity contribution in [2.24, 2.45) is 5.92 Å². The first-order chi connectivity index (χ1) is 12.5. The molecule has 5 nitrogen and oxygen atoms in total. The average molecular weight is 381 g/mol. The zero-order valence-corrected chi connectivity index (χ0v) is 17.2. The number of thioether (sulfide) groups is 1. The Morgan fingerprint density at radius 2 is 1.96 bits per heavy atom. The molecule has 1 heterocycles. The molecule has 0 bridgehead atoms. The van der Waals surface area contributed by atoms with Gasteiger partial charge in [-0.2, -0.15) is 0 Å². The first kappa shape index (κ1) is 20.9. The highest BCUT2D eigenvalue weighted by molar-refractivity contribution is 8.00. The maximum Gasteiger partial charge on any atom is 0.233 e. The maximum absolute atomic E-state index is 12.3. The predicted octanol–water partition coefficient (Wildman–Crippen LogP) is 3.42. The molecule has 1 saturated heterocycles. The van der Waals surface area contributed by atoms with Gasteiger partial charge in [-0.15, -0.1) is 11.8 Å². The zero-order chi connectivity index (χ0) is 18.9. The van der Waals surface area contributed by atoms with Crippen molar-refractivity contribution in [1.29, 1.82) is 0 Å². The van der Waals surface area contributed by atoms with E-state index in [2.05, 4.69) is 17.1 Å². The van der Waals surface area contributed by atoms with Gasteiger partial charge in [-0.1, -0.05) is 6.92 Å². The lowest BCUT2D eigenvalue weighted by Gasteiger charge is -2.30. The fourth-order valence-corrected chi connectivity index (χ4v) is 4.01. The minimum Gasteiger partial charge on any atom is -0.493 e. The molecule has 1 atom stereocenters. The minimum absolute atomic E-state index is 0.0806. The molecule has 0 saturated carbocycles. The van der Waals surface area contributed by atoms with Gasteiger partial charge in [0.2, 0.25) is 5.91 Å². The van der Waals surface area contributed by atoms with Crippen LogP contribution in [0, 0.1) is 5.92 Å². The minimum atomic E-state index is -0.149. The van der Waals surface area contributed by atoms with Gasteiger partial charge in [0.25, 0.3) is 0 Å². The van der Waals surface area contributed by atoms with E-state index >= 15 is 0 Å². The predicted molar refractivity (Wildman–Crippen MR) is 107 cm³/mol. The third-order valence-electron chi connectivity index (χ3n) is 4.86. The number of rotatable bonds is 9. The number of benzene rings is 1. The number of methoxy groups -OCH3 is 2. The van der Waals surface area contributed by atoms with Crippen molar-refractivity contribution in [2.75, 3.05) is 40.4 Å². The van der Waals surface area contributed by atoms with Gasteiger partial charge in [0.05, 0.1) is 19.5 Å². The van der Waals surface area contributed by atoms with Gasteiger partial charge in [-0.3, -0.25) is 4.79 Å². The highest BCUT2D eigenvalue weighted by atomic mass is 32.2. The summed E-state index contributed by atoms with van der Waals surface area (Å²) in [4.78, 5) is 15.8. The van der Waals surface area contributed by atoms with Crippen molar-refractivity contribution in [3.63, 3.8) is 0 Å². The lowest BCUT2D eigenvalue weighted by Crippen LogP contribution is -2.36. The van der Waals surface area contributed by atoms with Crippen molar-refractivity contribution in [3.05, 3.63) is 18.2 Å². The molecule has 1 aromatic carbocycles. The number of likely N-dealkylation sites (tertiary alicyclic amines) is 1. The second kappa shape index (κ2) is 10.7. The molecule has 26 heavy (non-hydrogen) atoms. The normalized spacial score (nSPS) is 16.9.